The first-order chi connectivity index (χ1) is 6.95. The summed E-state index contributed by atoms with van der Waals surface area (Å²) in [6.07, 6.45) is 3.52. The first kappa shape index (κ1) is 14.9. The van der Waals surface area contributed by atoms with Crippen molar-refractivity contribution in [2.45, 2.75) is 66.0 Å². The van der Waals surface area contributed by atoms with Gasteiger partial charge in [0.15, 0.2) is 0 Å². The summed E-state index contributed by atoms with van der Waals surface area (Å²) in [5.41, 5.74) is 0. The van der Waals surface area contributed by atoms with Crippen molar-refractivity contribution < 1.29 is 5.11 Å². The van der Waals surface area contributed by atoms with E-state index in [0.29, 0.717) is 12.0 Å². The van der Waals surface area contributed by atoms with Crippen LogP contribution in [0.5, 0.6) is 0 Å². The zero-order chi connectivity index (χ0) is 11.8. The Labute approximate surface area is 95.5 Å². The van der Waals surface area contributed by atoms with Gasteiger partial charge in [-0.1, -0.05) is 27.7 Å². The molecule has 0 heterocycles. The van der Waals surface area contributed by atoms with E-state index in [0.717, 1.165) is 12.3 Å². The minimum Gasteiger partial charge on any atom is -0.395 e. The molecule has 0 saturated carbocycles. The van der Waals surface area contributed by atoms with Gasteiger partial charge in [0.1, 0.15) is 0 Å². The molecule has 0 radical (unpaired) electrons. The largest absolute Gasteiger partial charge is 0.395 e. The molecule has 2 N–H and O–H groups in total. The SMILES string of the molecule is CC(C)CC[C@@H](C)N[C@@H](CO)CC(C)C. The van der Waals surface area contributed by atoms with Crippen LogP contribution in [0.25, 0.3) is 0 Å². The third kappa shape index (κ3) is 8.88. The van der Waals surface area contributed by atoms with E-state index in [1.807, 2.05) is 0 Å². The predicted molar refractivity (Wildman–Crippen MR) is 67.0 cm³/mol. The van der Waals surface area contributed by atoms with Crippen LogP contribution in [0.3, 0.4) is 0 Å². The minimum absolute atomic E-state index is 0.254. The van der Waals surface area contributed by atoms with Crippen molar-refractivity contribution in [2.24, 2.45) is 11.8 Å². The van der Waals surface area contributed by atoms with Crippen molar-refractivity contribution in [2.75, 3.05) is 6.61 Å². The number of rotatable bonds is 8. The Hall–Kier alpha value is -0.0800. The topological polar surface area (TPSA) is 32.3 Å². The number of aliphatic hydroxyl groups excluding tert-OH is 1. The molecule has 0 aromatic heterocycles. The van der Waals surface area contributed by atoms with E-state index in [1.165, 1.54) is 12.8 Å². The zero-order valence-electron chi connectivity index (χ0n) is 11.1. The summed E-state index contributed by atoms with van der Waals surface area (Å²) in [6, 6.07) is 0.787. The molecule has 0 aromatic carbocycles. The van der Waals surface area contributed by atoms with Gasteiger partial charge in [-0.2, -0.15) is 0 Å². The molecular weight excluding hydrogens is 186 g/mol. The standard InChI is InChI=1S/C13H29NO/c1-10(2)6-7-12(5)14-13(9-15)8-11(3)4/h10-15H,6-9H2,1-5H3/t12-,13-/m1/s1. The molecule has 2 heteroatoms. The molecule has 0 aliphatic heterocycles. The van der Waals surface area contributed by atoms with Gasteiger partial charge in [-0.05, 0) is 38.0 Å². The molecular formula is C13H29NO. The number of hydrogen-bond acceptors (Lipinski definition) is 2. The molecule has 0 fully saturated rings. The lowest BCUT2D eigenvalue weighted by Crippen LogP contribution is -2.40. The highest BCUT2D eigenvalue weighted by Gasteiger charge is 2.12. The average Bonchev–Trinajstić information content (AvgIpc) is 2.13. The number of hydrogen-bond donors (Lipinski definition) is 2. The van der Waals surface area contributed by atoms with Crippen molar-refractivity contribution >= 4 is 0 Å². The van der Waals surface area contributed by atoms with Gasteiger partial charge in [-0.3, -0.25) is 0 Å². The van der Waals surface area contributed by atoms with Crippen LogP contribution in [-0.2, 0) is 0 Å². The van der Waals surface area contributed by atoms with Crippen molar-refractivity contribution in [3.8, 4) is 0 Å². The van der Waals surface area contributed by atoms with Gasteiger partial charge in [0, 0.05) is 12.1 Å². The highest BCUT2D eigenvalue weighted by molar-refractivity contribution is 4.72. The van der Waals surface area contributed by atoms with E-state index < -0.39 is 0 Å². The van der Waals surface area contributed by atoms with Gasteiger partial charge in [-0.15, -0.1) is 0 Å². The molecule has 0 spiro atoms. The first-order valence-corrected chi connectivity index (χ1v) is 6.32. The molecule has 0 bridgehead atoms. The first-order valence-electron chi connectivity index (χ1n) is 6.32. The summed E-state index contributed by atoms with van der Waals surface area (Å²) < 4.78 is 0. The van der Waals surface area contributed by atoms with Crippen LogP contribution in [0, 0.1) is 11.8 Å². The van der Waals surface area contributed by atoms with Crippen LogP contribution in [0.2, 0.25) is 0 Å². The highest BCUT2D eigenvalue weighted by Crippen LogP contribution is 2.09. The van der Waals surface area contributed by atoms with Gasteiger partial charge in [0.25, 0.3) is 0 Å². The Balaban J connectivity index is 3.74. The molecule has 2 nitrogen and oxygen atoms in total. The van der Waals surface area contributed by atoms with Gasteiger partial charge < -0.3 is 10.4 Å². The Kier molecular flexibility index (Phi) is 8.07. The van der Waals surface area contributed by atoms with Gasteiger partial charge in [0.05, 0.1) is 6.61 Å². The Bertz CT molecular complexity index is 145. The lowest BCUT2D eigenvalue weighted by molar-refractivity contribution is 0.211. The number of aliphatic hydroxyl groups is 1. The molecule has 0 rings (SSSR count). The minimum atomic E-state index is 0.254. The maximum atomic E-state index is 9.24. The van der Waals surface area contributed by atoms with Crippen LogP contribution in [0.15, 0.2) is 0 Å². The number of nitrogens with one attached hydrogen (secondary N) is 1. The van der Waals surface area contributed by atoms with Gasteiger partial charge >= 0.3 is 0 Å². The van der Waals surface area contributed by atoms with E-state index in [1.54, 1.807) is 0 Å². The fraction of sp³-hybridized carbons (Fsp3) is 1.00. The van der Waals surface area contributed by atoms with E-state index in [2.05, 4.69) is 39.9 Å². The molecule has 0 unspecified atom stereocenters. The maximum absolute atomic E-state index is 9.24. The van der Waals surface area contributed by atoms with Crippen LogP contribution < -0.4 is 5.32 Å². The lowest BCUT2D eigenvalue weighted by atomic mass is 10.0. The summed E-state index contributed by atoms with van der Waals surface area (Å²) in [4.78, 5) is 0. The second kappa shape index (κ2) is 8.12. The second-order valence-electron chi connectivity index (χ2n) is 5.55. The molecule has 92 valence electrons. The van der Waals surface area contributed by atoms with Gasteiger partial charge in [-0.25, -0.2) is 0 Å². The normalized spacial score (nSPS) is 16.0. The van der Waals surface area contributed by atoms with E-state index in [-0.39, 0.29) is 12.6 Å². The molecule has 15 heavy (non-hydrogen) atoms. The third-order valence-electron chi connectivity index (χ3n) is 2.67. The van der Waals surface area contributed by atoms with Crippen LogP contribution in [0.4, 0.5) is 0 Å². The molecule has 0 saturated heterocycles. The average molecular weight is 215 g/mol. The summed E-state index contributed by atoms with van der Waals surface area (Å²) >= 11 is 0. The highest BCUT2D eigenvalue weighted by atomic mass is 16.3. The second-order valence-corrected chi connectivity index (χ2v) is 5.55. The smallest absolute Gasteiger partial charge is 0.0584 e. The Morgan fingerprint density at radius 3 is 1.93 bits per heavy atom. The van der Waals surface area contributed by atoms with Crippen molar-refractivity contribution in [3.63, 3.8) is 0 Å². The van der Waals surface area contributed by atoms with Crippen LogP contribution in [-0.4, -0.2) is 23.8 Å². The monoisotopic (exact) mass is 215 g/mol. The summed E-state index contributed by atoms with van der Waals surface area (Å²) in [7, 11) is 0. The van der Waals surface area contributed by atoms with E-state index in [9.17, 15) is 5.11 Å². The fourth-order valence-corrected chi connectivity index (χ4v) is 1.83. The van der Waals surface area contributed by atoms with Crippen molar-refractivity contribution in [1.82, 2.24) is 5.32 Å². The third-order valence-corrected chi connectivity index (χ3v) is 2.67. The zero-order valence-corrected chi connectivity index (χ0v) is 11.1. The maximum Gasteiger partial charge on any atom is 0.0584 e. The van der Waals surface area contributed by atoms with Crippen LogP contribution in [0.1, 0.15) is 53.9 Å². The van der Waals surface area contributed by atoms with Crippen molar-refractivity contribution in [3.05, 3.63) is 0 Å². The molecule has 2 atom stereocenters. The van der Waals surface area contributed by atoms with Gasteiger partial charge in [0.2, 0.25) is 0 Å². The summed E-state index contributed by atoms with van der Waals surface area (Å²) in [5.74, 6) is 1.42. The molecule has 0 aliphatic rings. The molecule has 0 aliphatic carbocycles. The quantitative estimate of drug-likeness (QED) is 0.652. The lowest BCUT2D eigenvalue weighted by Gasteiger charge is -2.23. The van der Waals surface area contributed by atoms with Crippen molar-refractivity contribution in [1.29, 1.82) is 0 Å². The Morgan fingerprint density at radius 1 is 0.933 bits per heavy atom. The summed E-state index contributed by atoms with van der Waals surface area (Å²) in [6.45, 7) is 11.4. The predicted octanol–water partition coefficient (Wildman–Crippen LogP) is 2.81. The Morgan fingerprint density at radius 2 is 1.53 bits per heavy atom. The fourth-order valence-electron chi connectivity index (χ4n) is 1.83. The van der Waals surface area contributed by atoms with Crippen LogP contribution >= 0.6 is 0 Å². The molecule has 0 amide bonds. The van der Waals surface area contributed by atoms with E-state index in [4.69, 9.17) is 0 Å². The molecule has 0 aromatic rings. The summed E-state index contributed by atoms with van der Waals surface area (Å²) in [5, 5.41) is 12.7. The van der Waals surface area contributed by atoms with E-state index >= 15 is 0 Å².